The van der Waals surface area contributed by atoms with Gasteiger partial charge in [-0.05, 0) is 55.8 Å². The summed E-state index contributed by atoms with van der Waals surface area (Å²) in [6.45, 7) is 0.697. The molecule has 0 aliphatic carbocycles. The average molecular weight is 736 g/mol. The van der Waals surface area contributed by atoms with Gasteiger partial charge in [-0.25, -0.2) is 14.4 Å². The summed E-state index contributed by atoms with van der Waals surface area (Å²) < 4.78 is 105. The van der Waals surface area contributed by atoms with Crippen LogP contribution < -0.4 is 10.5 Å². The van der Waals surface area contributed by atoms with Gasteiger partial charge in [-0.1, -0.05) is 0 Å². The van der Waals surface area contributed by atoms with Gasteiger partial charge in [0.25, 0.3) is 10.1 Å². The topological polar surface area (TPSA) is 276 Å². The van der Waals surface area contributed by atoms with Crippen molar-refractivity contribution in [3.63, 3.8) is 0 Å². The van der Waals surface area contributed by atoms with Crippen molar-refractivity contribution in [3.05, 3.63) is 53.5 Å². The summed E-state index contributed by atoms with van der Waals surface area (Å²) in [5.41, 5.74) is 5.87. The van der Waals surface area contributed by atoms with Crippen LogP contribution in [0, 0.1) is 11.3 Å². The molecule has 0 bridgehead atoms. The Morgan fingerprint density at radius 1 is 0.959 bits per heavy atom. The van der Waals surface area contributed by atoms with Gasteiger partial charge in [-0.3, -0.25) is 24.5 Å². The minimum Gasteiger partial charge on any atom is -0.481 e. The predicted octanol–water partition coefficient (Wildman–Crippen LogP) is 2.56. The molecule has 0 spiro atoms. The van der Waals surface area contributed by atoms with E-state index in [9.17, 15) is 54.3 Å². The van der Waals surface area contributed by atoms with E-state index in [2.05, 4.69) is 0 Å². The fourth-order valence-corrected chi connectivity index (χ4v) is 4.63. The van der Waals surface area contributed by atoms with E-state index in [0.29, 0.717) is 30.7 Å². The summed E-state index contributed by atoms with van der Waals surface area (Å²) in [6, 6.07) is 8.41. The van der Waals surface area contributed by atoms with Crippen molar-refractivity contribution in [2.24, 2.45) is 11.7 Å². The Bertz CT molecular complexity index is 1600. The van der Waals surface area contributed by atoms with Crippen LogP contribution in [-0.2, 0) is 35.8 Å². The molecule has 49 heavy (non-hydrogen) atoms. The molecule has 23 heteroatoms. The van der Waals surface area contributed by atoms with Gasteiger partial charge in [0.2, 0.25) is 5.76 Å². The average Bonchev–Trinajstić information content (AvgIpc) is 3.62. The predicted molar refractivity (Wildman–Crippen MR) is 149 cm³/mol. The third-order valence-electron chi connectivity index (χ3n) is 6.03. The number of furan rings is 1. The molecule has 1 saturated heterocycles. The standard InChI is InChI=1S/C22H25N3O9S.2C2HF3O2/c23-20(24)13-3-5-15(6-4-13)34-22(29)19-8-7-16(33-19)11-25-9-1-2-17(25)18(26)10-14(21(27)28)12-35(30,31)32;2*3-2(4,5)1(6)7/h3-8,14,17H,1-2,9-12H2,(H3,23,24)(H,27,28)(H,30,31,32);2*(H,6,7)/t14-,17-;;/m0../s1. The van der Waals surface area contributed by atoms with E-state index in [-0.39, 0.29) is 23.9 Å². The first-order chi connectivity index (χ1) is 22.3. The molecule has 1 fully saturated rings. The smallest absolute Gasteiger partial charge is 0.481 e. The minimum atomic E-state index is -5.08. The lowest BCUT2D eigenvalue weighted by molar-refractivity contribution is -0.193. The first-order valence-corrected chi connectivity index (χ1v) is 14.7. The summed E-state index contributed by atoms with van der Waals surface area (Å²) in [5, 5.41) is 30.8. The Hall–Kier alpha value is -5.03. The zero-order valence-corrected chi connectivity index (χ0v) is 25.3. The van der Waals surface area contributed by atoms with Gasteiger partial charge in [0.15, 0.2) is 5.78 Å². The van der Waals surface area contributed by atoms with E-state index in [0.717, 1.165) is 0 Å². The Kier molecular flexibility index (Phi) is 14.9. The second-order valence-corrected chi connectivity index (χ2v) is 11.3. The van der Waals surface area contributed by atoms with Crippen LogP contribution in [0.3, 0.4) is 0 Å². The third kappa shape index (κ3) is 15.2. The number of nitrogens with one attached hydrogen (secondary N) is 1. The van der Waals surface area contributed by atoms with Gasteiger partial charge in [0, 0.05) is 12.0 Å². The molecule has 272 valence electrons. The molecule has 7 N–H and O–H groups in total. The second kappa shape index (κ2) is 17.4. The molecule has 1 aromatic carbocycles. The number of ketones is 1. The number of nitrogen functional groups attached to an aromatic ring is 1. The fourth-order valence-electron chi connectivity index (χ4n) is 3.86. The second-order valence-electron chi connectivity index (χ2n) is 9.78. The molecule has 16 nitrogen and oxygen atoms in total. The van der Waals surface area contributed by atoms with E-state index >= 15 is 0 Å². The zero-order chi connectivity index (χ0) is 37.9. The van der Waals surface area contributed by atoms with Gasteiger partial charge in [0.05, 0.1) is 24.3 Å². The van der Waals surface area contributed by atoms with Gasteiger partial charge in [-0.15, -0.1) is 0 Å². The zero-order valence-electron chi connectivity index (χ0n) is 24.5. The first-order valence-electron chi connectivity index (χ1n) is 13.1. The number of carboxylic acid groups (broad SMARTS) is 3. The maximum Gasteiger partial charge on any atom is 0.490 e. The van der Waals surface area contributed by atoms with Gasteiger partial charge < -0.3 is 30.2 Å². The van der Waals surface area contributed by atoms with Gasteiger partial charge in [-0.2, -0.15) is 34.8 Å². The molecular weight excluding hydrogens is 708 g/mol. The van der Waals surface area contributed by atoms with Crippen LogP contribution in [0.1, 0.15) is 41.1 Å². The number of alkyl halides is 6. The third-order valence-corrected chi connectivity index (χ3v) is 6.85. The van der Waals surface area contributed by atoms with Crippen molar-refractivity contribution in [3.8, 4) is 5.75 Å². The number of carbonyl (C=O) groups excluding carboxylic acids is 2. The van der Waals surface area contributed by atoms with Crippen molar-refractivity contribution >= 4 is 45.6 Å². The lowest BCUT2D eigenvalue weighted by Gasteiger charge is -2.23. The number of halogens is 6. The molecule has 0 saturated carbocycles. The van der Waals surface area contributed by atoms with Crippen LogP contribution in [0.5, 0.6) is 5.75 Å². The highest BCUT2D eigenvalue weighted by molar-refractivity contribution is 7.85. The van der Waals surface area contributed by atoms with Crippen LogP contribution >= 0.6 is 0 Å². The lowest BCUT2D eigenvalue weighted by atomic mass is 9.98. The largest absolute Gasteiger partial charge is 0.490 e. The summed E-state index contributed by atoms with van der Waals surface area (Å²) >= 11 is 0. The van der Waals surface area contributed by atoms with Gasteiger partial charge in [0.1, 0.15) is 17.3 Å². The van der Waals surface area contributed by atoms with Crippen LogP contribution in [0.2, 0.25) is 0 Å². The Morgan fingerprint density at radius 2 is 1.47 bits per heavy atom. The number of Topliss-reactive ketones (excluding diaryl/α,β-unsaturated/α-hetero) is 1. The fraction of sp³-hybridized carbons (Fsp3) is 0.385. The monoisotopic (exact) mass is 735 g/mol. The highest BCUT2D eigenvalue weighted by atomic mass is 32.2. The maximum absolute atomic E-state index is 12.7. The van der Waals surface area contributed by atoms with E-state index in [1.807, 2.05) is 0 Å². The van der Waals surface area contributed by atoms with E-state index in [1.54, 1.807) is 11.0 Å². The van der Waals surface area contributed by atoms with Crippen molar-refractivity contribution in [1.29, 1.82) is 5.41 Å². The number of hydrogen-bond acceptors (Lipinski definition) is 11. The molecule has 1 aliphatic heterocycles. The molecule has 0 unspecified atom stereocenters. The lowest BCUT2D eigenvalue weighted by Crippen LogP contribution is -2.38. The number of esters is 1. The van der Waals surface area contributed by atoms with Crippen molar-refractivity contribution in [1.82, 2.24) is 4.90 Å². The van der Waals surface area contributed by atoms with Crippen molar-refractivity contribution in [2.45, 2.75) is 44.2 Å². The molecule has 0 amide bonds. The molecule has 2 heterocycles. The Morgan fingerprint density at radius 3 is 1.90 bits per heavy atom. The molecule has 1 aromatic heterocycles. The molecule has 2 aromatic rings. The Labute approximate surface area is 271 Å². The van der Waals surface area contributed by atoms with Crippen LogP contribution in [-0.4, -0.2) is 99.4 Å². The highest BCUT2D eigenvalue weighted by Crippen LogP contribution is 2.25. The number of aliphatic carboxylic acids is 3. The number of carboxylic acids is 3. The summed E-state index contributed by atoms with van der Waals surface area (Å²) in [6.07, 6.45) is -9.57. The SMILES string of the molecule is N=C(N)c1ccc(OC(=O)c2ccc(CN3CCC[C@H]3C(=O)C[C@@H](CS(=O)(=O)O)C(=O)O)o2)cc1.O=C(O)C(F)(F)F.O=C(O)C(F)(F)F. The summed E-state index contributed by atoms with van der Waals surface area (Å²) in [5.74, 6) is -10.3. The quantitative estimate of drug-likeness (QED) is 0.0483. The van der Waals surface area contributed by atoms with Crippen LogP contribution in [0.25, 0.3) is 0 Å². The number of rotatable bonds is 11. The maximum atomic E-state index is 12.7. The molecule has 0 radical (unpaired) electrons. The number of carbonyl (C=O) groups is 5. The number of nitrogens with zero attached hydrogens (tertiary/aromatic N) is 1. The van der Waals surface area contributed by atoms with Crippen LogP contribution in [0.4, 0.5) is 26.3 Å². The van der Waals surface area contributed by atoms with E-state index < -0.39 is 76.3 Å². The Balaban J connectivity index is 0.000000717. The molecule has 3 rings (SSSR count). The number of amidine groups is 1. The van der Waals surface area contributed by atoms with Crippen LogP contribution in [0.15, 0.2) is 40.8 Å². The normalized spacial score (nSPS) is 15.4. The summed E-state index contributed by atoms with van der Waals surface area (Å²) in [7, 11) is -4.55. The molecule has 1 aliphatic rings. The number of hydrogen-bond donors (Lipinski definition) is 6. The number of nitrogens with two attached hydrogens (primary N) is 1. The van der Waals surface area contributed by atoms with Crippen molar-refractivity contribution < 1.29 is 87.8 Å². The number of likely N-dealkylation sites (tertiary alicyclic amines) is 1. The number of benzene rings is 1. The summed E-state index contributed by atoms with van der Waals surface area (Å²) in [4.78, 5) is 56.0. The minimum absolute atomic E-state index is 0.0585. The van der Waals surface area contributed by atoms with E-state index in [1.165, 1.54) is 30.3 Å². The van der Waals surface area contributed by atoms with Crippen molar-refractivity contribution in [2.75, 3.05) is 12.3 Å². The molecule has 2 atom stereocenters. The van der Waals surface area contributed by atoms with E-state index in [4.69, 9.17) is 44.7 Å². The molecular formula is C26H27F6N3O13S. The highest BCUT2D eigenvalue weighted by Gasteiger charge is 2.39. The number of ether oxygens (including phenoxy) is 1. The van der Waals surface area contributed by atoms with Gasteiger partial charge >= 0.3 is 36.2 Å². The first kappa shape index (κ1) is 42.0.